The molecule has 3 aromatic rings. The van der Waals surface area contributed by atoms with Crippen LogP contribution in [0.25, 0.3) is 11.2 Å². The van der Waals surface area contributed by atoms with E-state index in [2.05, 4.69) is 15.0 Å². The molecular formula is C12H12N6O. The number of aromatic nitrogens is 4. The molecule has 0 saturated heterocycles. The predicted molar refractivity (Wildman–Crippen MR) is 72.5 cm³/mol. The van der Waals surface area contributed by atoms with Crippen LogP contribution in [0.1, 0.15) is 5.56 Å². The van der Waals surface area contributed by atoms with Crippen molar-refractivity contribution < 1.29 is 0 Å². The topological polar surface area (TPSA) is 116 Å². The van der Waals surface area contributed by atoms with E-state index >= 15 is 0 Å². The number of anilines is 2. The lowest BCUT2D eigenvalue weighted by Gasteiger charge is -2.09. The number of benzene rings is 1. The lowest BCUT2D eigenvalue weighted by atomic mass is 10.2. The molecule has 3 rings (SSSR count). The van der Waals surface area contributed by atoms with Gasteiger partial charge in [-0.05, 0) is 5.56 Å². The number of nitrogens with zero attached hydrogens (tertiary/aromatic N) is 3. The maximum absolute atomic E-state index is 11.7. The summed E-state index contributed by atoms with van der Waals surface area (Å²) in [5, 5.41) is 0. The Labute approximate surface area is 107 Å². The SMILES string of the molecule is Nc1nc2c([nH]1)c(=O)nc(N)n2Cc1ccccc1. The van der Waals surface area contributed by atoms with E-state index in [1.54, 1.807) is 4.57 Å². The van der Waals surface area contributed by atoms with E-state index in [1.807, 2.05) is 30.3 Å². The number of nitrogens with one attached hydrogen (secondary N) is 1. The normalized spacial score (nSPS) is 10.9. The Kier molecular flexibility index (Phi) is 2.45. The summed E-state index contributed by atoms with van der Waals surface area (Å²) in [5.74, 6) is 0.286. The maximum Gasteiger partial charge on any atom is 0.300 e. The van der Waals surface area contributed by atoms with Gasteiger partial charge in [-0.25, -0.2) is 0 Å². The molecule has 0 unspecified atom stereocenters. The molecule has 7 heteroatoms. The third-order valence-electron chi connectivity index (χ3n) is 2.85. The van der Waals surface area contributed by atoms with Crippen LogP contribution in [0.15, 0.2) is 35.1 Å². The van der Waals surface area contributed by atoms with E-state index in [0.717, 1.165) is 5.56 Å². The molecule has 0 aliphatic carbocycles. The number of hydrogen-bond donors (Lipinski definition) is 3. The average Bonchev–Trinajstić information content (AvgIpc) is 2.78. The Hall–Kier alpha value is -2.83. The highest BCUT2D eigenvalue weighted by Gasteiger charge is 2.12. The quantitative estimate of drug-likeness (QED) is 0.611. The van der Waals surface area contributed by atoms with Crippen LogP contribution < -0.4 is 17.0 Å². The molecule has 7 nitrogen and oxygen atoms in total. The average molecular weight is 256 g/mol. The molecule has 2 heterocycles. The number of fused-ring (bicyclic) bond motifs is 1. The Morgan fingerprint density at radius 3 is 2.63 bits per heavy atom. The first kappa shape index (κ1) is 11.3. The summed E-state index contributed by atoms with van der Waals surface area (Å²) in [6.45, 7) is 0.473. The van der Waals surface area contributed by atoms with E-state index in [1.165, 1.54) is 0 Å². The summed E-state index contributed by atoms with van der Waals surface area (Å²) in [4.78, 5) is 22.2. The monoisotopic (exact) mass is 256 g/mol. The van der Waals surface area contributed by atoms with Crippen LogP contribution in [0.3, 0.4) is 0 Å². The smallest absolute Gasteiger partial charge is 0.300 e. The van der Waals surface area contributed by atoms with E-state index < -0.39 is 5.56 Å². The van der Waals surface area contributed by atoms with E-state index in [9.17, 15) is 4.79 Å². The molecule has 0 fully saturated rings. The number of nitrogen functional groups attached to an aromatic ring is 2. The second kappa shape index (κ2) is 4.13. The van der Waals surface area contributed by atoms with Crippen molar-refractivity contribution in [3.8, 4) is 0 Å². The fraction of sp³-hybridized carbons (Fsp3) is 0.0833. The van der Waals surface area contributed by atoms with Gasteiger partial charge in [-0.3, -0.25) is 9.36 Å². The van der Waals surface area contributed by atoms with Gasteiger partial charge in [-0.15, -0.1) is 0 Å². The molecule has 2 aromatic heterocycles. The Morgan fingerprint density at radius 2 is 1.89 bits per heavy atom. The Balaban J connectivity index is 2.20. The van der Waals surface area contributed by atoms with Crippen molar-refractivity contribution in [2.75, 3.05) is 11.5 Å². The molecule has 0 aliphatic heterocycles. The van der Waals surface area contributed by atoms with Crippen molar-refractivity contribution in [1.29, 1.82) is 0 Å². The van der Waals surface area contributed by atoms with Crippen LogP contribution in [0.2, 0.25) is 0 Å². The second-order valence-corrected chi connectivity index (χ2v) is 4.17. The number of imidazole rings is 1. The van der Waals surface area contributed by atoms with Gasteiger partial charge in [0.2, 0.25) is 5.95 Å². The summed E-state index contributed by atoms with van der Waals surface area (Å²) in [7, 11) is 0. The summed E-state index contributed by atoms with van der Waals surface area (Å²) in [6.07, 6.45) is 0. The minimum absolute atomic E-state index is 0.118. The van der Waals surface area contributed by atoms with Gasteiger partial charge in [-0.2, -0.15) is 9.97 Å². The van der Waals surface area contributed by atoms with Crippen molar-refractivity contribution in [1.82, 2.24) is 19.5 Å². The molecule has 0 spiro atoms. The second-order valence-electron chi connectivity index (χ2n) is 4.17. The van der Waals surface area contributed by atoms with Crippen molar-refractivity contribution in [3.63, 3.8) is 0 Å². The van der Waals surface area contributed by atoms with Crippen molar-refractivity contribution in [2.24, 2.45) is 0 Å². The highest BCUT2D eigenvalue weighted by Crippen LogP contribution is 2.14. The molecule has 0 atom stereocenters. The molecule has 96 valence electrons. The molecule has 0 amide bonds. The minimum atomic E-state index is -0.457. The molecule has 5 N–H and O–H groups in total. The van der Waals surface area contributed by atoms with Crippen LogP contribution in [-0.4, -0.2) is 19.5 Å². The molecule has 0 radical (unpaired) electrons. The zero-order chi connectivity index (χ0) is 13.4. The molecule has 0 bridgehead atoms. The number of rotatable bonds is 2. The van der Waals surface area contributed by atoms with Gasteiger partial charge in [0.1, 0.15) is 0 Å². The van der Waals surface area contributed by atoms with Gasteiger partial charge in [-0.1, -0.05) is 30.3 Å². The van der Waals surface area contributed by atoms with Crippen LogP contribution in [0, 0.1) is 0 Å². The van der Waals surface area contributed by atoms with Gasteiger partial charge in [0.15, 0.2) is 17.1 Å². The third kappa shape index (κ3) is 1.90. The third-order valence-corrected chi connectivity index (χ3v) is 2.85. The molecule has 0 saturated carbocycles. The molecule has 19 heavy (non-hydrogen) atoms. The van der Waals surface area contributed by atoms with Gasteiger partial charge in [0.25, 0.3) is 0 Å². The number of aromatic amines is 1. The van der Waals surface area contributed by atoms with Crippen molar-refractivity contribution >= 4 is 23.1 Å². The summed E-state index contributed by atoms with van der Waals surface area (Å²) < 4.78 is 1.65. The van der Waals surface area contributed by atoms with Crippen molar-refractivity contribution in [3.05, 3.63) is 46.2 Å². The highest BCUT2D eigenvalue weighted by atomic mass is 16.1. The van der Waals surface area contributed by atoms with Crippen LogP contribution >= 0.6 is 0 Å². The molecular weight excluding hydrogens is 244 g/mol. The maximum atomic E-state index is 11.7. The lowest BCUT2D eigenvalue weighted by Crippen LogP contribution is -2.18. The minimum Gasteiger partial charge on any atom is -0.369 e. The summed E-state index contributed by atoms with van der Waals surface area (Å²) in [5.41, 5.74) is 12.6. The van der Waals surface area contributed by atoms with Gasteiger partial charge in [0.05, 0.1) is 6.54 Å². The fourth-order valence-electron chi connectivity index (χ4n) is 1.98. The van der Waals surface area contributed by atoms with Gasteiger partial charge >= 0.3 is 5.56 Å². The van der Waals surface area contributed by atoms with Crippen LogP contribution in [-0.2, 0) is 6.54 Å². The predicted octanol–water partition coefficient (Wildman–Crippen LogP) is 0.332. The largest absolute Gasteiger partial charge is 0.369 e. The Morgan fingerprint density at radius 1 is 1.16 bits per heavy atom. The summed E-state index contributed by atoms with van der Waals surface area (Å²) in [6, 6.07) is 9.70. The number of nitrogens with two attached hydrogens (primary N) is 2. The lowest BCUT2D eigenvalue weighted by molar-refractivity contribution is 0.805. The highest BCUT2D eigenvalue weighted by molar-refractivity contribution is 5.73. The van der Waals surface area contributed by atoms with E-state index in [0.29, 0.717) is 12.2 Å². The fourth-order valence-corrected chi connectivity index (χ4v) is 1.98. The van der Waals surface area contributed by atoms with Crippen LogP contribution in [0.4, 0.5) is 11.9 Å². The van der Waals surface area contributed by atoms with E-state index in [-0.39, 0.29) is 17.4 Å². The summed E-state index contributed by atoms with van der Waals surface area (Å²) >= 11 is 0. The van der Waals surface area contributed by atoms with Crippen LogP contribution in [0.5, 0.6) is 0 Å². The zero-order valence-corrected chi connectivity index (χ0v) is 10.00. The first-order valence-corrected chi connectivity index (χ1v) is 5.70. The first-order chi connectivity index (χ1) is 9.15. The standard InChI is InChI=1S/C12H12N6O/c13-11-15-8-9(16-11)18(12(14)17-10(8)19)6-7-4-2-1-3-5-7/h1-5H,6H2,(H3,13,15,16)(H2,14,17,19). The zero-order valence-electron chi connectivity index (χ0n) is 10.00. The van der Waals surface area contributed by atoms with Gasteiger partial charge < -0.3 is 16.5 Å². The molecule has 1 aromatic carbocycles. The van der Waals surface area contributed by atoms with Gasteiger partial charge in [0, 0.05) is 0 Å². The number of H-pyrrole nitrogens is 1. The Bertz CT molecular complexity index is 789. The number of hydrogen-bond acceptors (Lipinski definition) is 5. The molecule has 0 aliphatic rings. The van der Waals surface area contributed by atoms with Crippen molar-refractivity contribution in [2.45, 2.75) is 6.54 Å². The van der Waals surface area contributed by atoms with E-state index in [4.69, 9.17) is 11.5 Å². The first-order valence-electron chi connectivity index (χ1n) is 5.70.